The highest BCUT2D eigenvalue weighted by Crippen LogP contribution is 2.37. The number of aromatic nitrogens is 5. The number of aromatic amines is 2. The summed E-state index contributed by atoms with van der Waals surface area (Å²) < 4.78 is 1.81. The Morgan fingerprint density at radius 2 is 1.94 bits per heavy atom. The predicted molar refractivity (Wildman–Crippen MR) is 139 cm³/mol. The maximum atomic E-state index is 4.64. The van der Waals surface area contributed by atoms with E-state index in [1.165, 1.54) is 9.75 Å². The number of benzene rings is 1. The largest absolute Gasteiger partial charge is 0.357 e. The van der Waals surface area contributed by atoms with E-state index in [2.05, 4.69) is 82.8 Å². The number of hydrogen-bond acceptors (Lipinski definition) is 3. The molecule has 0 spiro atoms. The fourth-order valence-corrected chi connectivity index (χ4v) is 5.04. The molecule has 6 heteroatoms. The number of fused-ring (bicyclic) bond motifs is 1. The molecular formula is C27H25N5S. The SMILES string of the molecule is C=C/C=C(/c1ccc(C(=C)C)s1)c1cc(-c2n[nH]c3ccc(-c4cnn(C)c4)cc23)[nH]c1C. The third kappa shape index (κ3) is 3.79. The summed E-state index contributed by atoms with van der Waals surface area (Å²) in [6.45, 7) is 12.1. The van der Waals surface area contributed by atoms with Gasteiger partial charge in [0.15, 0.2) is 0 Å². The molecule has 0 aliphatic rings. The standard InChI is InChI=1S/C27H25N5S/c1-6-7-20(26-11-10-25(33-26)16(2)3)21-13-24(29-17(21)4)27-22-12-18(8-9-23(22)30-31-27)19-14-28-32(5)15-19/h6-15,29H,1-2H2,3-5H3,(H,30,31)/b20-7+. The molecule has 33 heavy (non-hydrogen) atoms. The average molecular weight is 452 g/mol. The third-order valence-corrected chi connectivity index (χ3v) is 7.02. The molecule has 0 saturated carbocycles. The van der Waals surface area contributed by atoms with Crippen LogP contribution in [0.1, 0.15) is 27.9 Å². The normalized spacial score (nSPS) is 11.9. The molecule has 4 heterocycles. The van der Waals surface area contributed by atoms with Gasteiger partial charge >= 0.3 is 0 Å². The van der Waals surface area contributed by atoms with Crippen molar-refractivity contribution in [1.29, 1.82) is 0 Å². The number of allylic oxidation sites excluding steroid dienone is 3. The first-order chi connectivity index (χ1) is 15.9. The molecule has 0 aliphatic heterocycles. The summed E-state index contributed by atoms with van der Waals surface area (Å²) in [7, 11) is 1.93. The number of aryl methyl sites for hydroxylation is 2. The van der Waals surface area contributed by atoms with Crippen LogP contribution < -0.4 is 0 Å². The molecule has 5 rings (SSSR count). The molecule has 4 aromatic heterocycles. The van der Waals surface area contributed by atoms with Gasteiger partial charge in [0.05, 0.1) is 17.4 Å². The molecular weight excluding hydrogens is 426 g/mol. The number of hydrogen-bond donors (Lipinski definition) is 2. The summed E-state index contributed by atoms with van der Waals surface area (Å²) in [4.78, 5) is 5.93. The number of H-pyrrole nitrogens is 2. The summed E-state index contributed by atoms with van der Waals surface area (Å²) in [6.07, 6.45) is 7.80. The Hall–Kier alpha value is -3.90. The zero-order valence-corrected chi connectivity index (χ0v) is 19.8. The molecule has 0 aliphatic carbocycles. The van der Waals surface area contributed by atoms with Gasteiger partial charge in [-0.25, -0.2) is 0 Å². The molecule has 0 fully saturated rings. The van der Waals surface area contributed by atoms with Crippen molar-refractivity contribution in [3.05, 3.63) is 95.1 Å². The zero-order valence-electron chi connectivity index (χ0n) is 18.9. The minimum atomic E-state index is 0.900. The predicted octanol–water partition coefficient (Wildman–Crippen LogP) is 6.98. The van der Waals surface area contributed by atoms with Gasteiger partial charge in [-0.05, 0) is 55.3 Å². The molecule has 0 unspecified atom stereocenters. The molecule has 5 aromatic rings. The van der Waals surface area contributed by atoms with Gasteiger partial charge in [0, 0.05) is 50.8 Å². The van der Waals surface area contributed by atoms with Crippen molar-refractivity contribution in [3.8, 4) is 22.5 Å². The maximum Gasteiger partial charge on any atom is 0.116 e. The monoisotopic (exact) mass is 451 g/mol. The first-order valence-electron chi connectivity index (χ1n) is 10.7. The van der Waals surface area contributed by atoms with Gasteiger partial charge in [-0.2, -0.15) is 10.2 Å². The van der Waals surface area contributed by atoms with E-state index in [0.717, 1.165) is 55.8 Å². The van der Waals surface area contributed by atoms with Crippen molar-refractivity contribution in [1.82, 2.24) is 25.0 Å². The Morgan fingerprint density at radius 3 is 2.64 bits per heavy atom. The lowest BCUT2D eigenvalue weighted by Crippen LogP contribution is -1.85. The average Bonchev–Trinajstić information content (AvgIpc) is 3.58. The molecule has 164 valence electrons. The number of rotatable bonds is 6. The van der Waals surface area contributed by atoms with Gasteiger partial charge in [0.1, 0.15) is 5.69 Å². The van der Waals surface area contributed by atoms with Gasteiger partial charge < -0.3 is 4.98 Å². The van der Waals surface area contributed by atoms with E-state index < -0.39 is 0 Å². The summed E-state index contributed by atoms with van der Waals surface area (Å²) in [5, 5.41) is 13.2. The number of nitrogens with one attached hydrogen (secondary N) is 2. The van der Waals surface area contributed by atoms with Crippen molar-refractivity contribution < 1.29 is 0 Å². The highest BCUT2D eigenvalue weighted by Gasteiger charge is 2.17. The number of nitrogens with zero attached hydrogens (tertiary/aromatic N) is 3. The Kier molecular flexibility index (Phi) is 5.23. The molecule has 0 radical (unpaired) electrons. The summed E-state index contributed by atoms with van der Waals surface area (Å²) in [5.74, 6) is 0. The van der Waals surface area contributed by atoms with E-state index in [1.807, 2.05) is 37.1 Å². The van der Waals surface area contributed by atoms with Crippen molar-refractivity contribution in [2.75, 3.05) is 0 Å². The van der Waals surface area contributed by atoms with Crippen LogP contribution in [0.4, 0.5) is 0 Å². The van der Waals surface area contributed by atoms with Gasteiger partial charge in [-0.1, -0.05) is 31.4 Å². The second-order valence-corrected chi connectivity index (χ2v) is 9.30. The maximum absolute atomic E-state index is 4.64. The molecule has 0 atom stereocenters. The van der Waals surface area contributed by atoms with E-state index in [-0.39, 0.29) is 0 Å². The minimum absolute atomic E-state index is 0.900. The van der Waals surface area contributed by atoms with Crippen LogP contribution in [0, 0.1) is 6.92 Å². The van der Waals surface area contributed by atoms with Gasteiger partial charge in [0.25, 0.3) is 0 Å². The van der Waals surface area contributed by atoms with Crippen LogP contribution in [-0.4, -0.2) is 25.0 Å². The lowest BCUT2D eigenvalue weighted by atomic mass is 10.0. The van der Waals surface area contributed by atoms with E-state index >= 15 is 0 Å². The van der Waals surface area contributed by atoms with Gasteiger partial charge in [-0.3, -0.25) is 9.78 Å². The van der Waals surface area contributed by atoms with Crippen LogP contribution in [0.25, 0.3) is 44.6 Å². The molecule has 2 N–H and O–H groups in total. The van der Waals surface area contributed by atoms with Crippen molar-refractivity contribution in [2.24, 2.45) is 7.05 Å². The fourth-order valence-electron chi connectivity index (χ4n) is 4.07. The Labute approximate surface area is 196 Å². The quantitative estimate of drug-likeness (QED) is 0.274. The van der Waals surface area contributed by atoms with E-state index in [9.17, 15) is 0 Å². The summed E-state index contributed by atoms with van der Waals surface area (Å²) in [5.41, 5.74) is 9.50. The van der Waals surface area contributed by atoms with E-state index in [0.29, 0.717) is 0 Å². The third-order valence-electron chi connectivity index (χ3n) is 5.74. The van der Waals surface area contributed by atoms with Gasteiger partial charge in [-0.15, -0.1) is 11.3 Å². The van der Waals surface area contributed by atoms with Crippen LogP contribution in [0.2, 0.25) is 0 Å². The second-order valence-electron chi connectivity index (χ2n) is 8.22. The molecule has 5 nitrogen and oxygen atoms in total. The van der Waals surface area contributed by atoms with Crippen LogP contribution >= 0.6 is 11.3 Å². The topological polar surface area (TPSA) is 62.3 Å². The lowest BCUT2D eigenvalue weighted by molar-refractivity contribution is 0.768. The molecule has 0 bridgehead atoms. The van der Waals surface area contributed by atoms with Crippen LogP contribution in [0.3, 0.4) is 0 Å². The zero-order chi connectivity index (χ0) is 23.1. The van der Waals surface area contributed by atoms with Crippen LogP contribution in [-0.2, 0) is 7.05 Å². The fraction of sp³-hybridized carbons (Fsp3) is 0.111. The van der Waals surface area contributed by atoms with Crippen molar-refractivity contribution in [3.63, 3.8) is 0 Å². The highest BCUT2D eigenvalue weighted by atomic mass is 32.1. The Morgan fingerprint density at radius 1 is 1.12 bits per heavy atom. The van der Waals surface area contributed by atoms with Crippen molar-refractivity contribution in [2.45, 2.75) is 13.8 Å². The highest BCUT2D eigenvalue weighted by molar-refractivity contribution is 7.14. The smallest absolute Gasteiger partial charge is 0.116 e. The van der Waals surface area contributed by atoms with E-state index in [1.54, 1.807) is 11.3 Å². The Balaban J connectivity index is 1.59. The summed E-state index contributed by atoms with van der Waals surface area (Å²) in [6, 6.07) is 12.8. The minimum Gasteiger partial charge on any atom is -0.357 e. The molecule has 1 aromatic carbocycles. The van der Waals surface area contributed by atoms with Crippen LogP contribution in [0.5, 0.6) is 0 Å². The first kappa shape index (κ1) is 21.0. The van der Waals surface area contributed by atoms with Gasteiger partial charge in [0.2, 0.25) is 0 Å². The van der Waals surface area contributed by atoms with Crippen molar-refractivity contribution >= 4 is 33.4 Å². The second kappa shape index (κ2) is 8.22. The Bertz CT molecular complexity index is 1540. The first-order valence-corrected chi connectivity index (χ1v) is 11.5. The lowest BCUT2D eigenvalue weighted by Gasteiger charge is -2.04. The van der Waals surface area contributed by atoms with Crippen LogP contribution in [0.15, 0.2) is 74.1 Å². The molecule has 0 saturated heterocycles. The number of thiophene rings is 1. The van der Waals surface area contributed by atoms with E-state index in [4.69, 9.17) is 0 Å². The summed E-state index contributed by atoms with van der Waals surface area (Å²) >= 11 is 1.74. The molecule has 0 amide bonds.